The second-order valence-corrected chi connectivity index (χ2v) is 4.92. The zero-order valence-corrected chi connectivity index (χ0v) is 11.8. The third-order valence-electron chi connectivity index (χ3n) is 3.35. The summed E-state index contributed by atoms with van der Waals surface area (Å²) < 4.78 is 23.1. The van der Waals surface area contributed by atoms with Crippen molar-refractivity contribution >= 4 is 11.9 Å². The lowest BCUT2D eigenvalue weighted by Crippen LogP contribution is -2.47. The van der Waals surface area contributed by atoms with Crippen molar-refractivity contribution in [1.82, 2.24) is 5.32 Å². The first-order valence-corrected chi connectivity index (χ1v) is 6.84. The van der Waals surface area contributed by atoms with Crippen molar-refractivity contribution in [3.63, 3.8) is 0 Å². The topological polar surface area (TPSA) is 64.6 Å². The first kappa shape index (κ1) is 15.4. The minimum Gasteiger partial charge on any atom is -0.467 e. The molecule has 1 saturated heterocycles. The minimum absolute atomic E-state index is 0.170. The van der Waals surface area contributed by atoms with E-state index < -0.39 is 18.1 Å². The van der Waals surface area contributed by atoms with Crippen LogP contribution in [0.25, 0.3) is 0 Å². The lowest BCUT2D eigenvalue weighted by Gasteiger charge is -2.18. The van der Waals surface area contributed by atoms with Gasteiger partial charge in [-0.25, -0.2) is 9.18 Å². The van der Waals surface area contributed by atoms with Gasteiger partial charge in [-0.1, -0.05) is 12.1 Å². The van der Waals surface area contributed by atoms with Crippen LogP contribution in [0.1, 0.15) is 18.4 Å². The van der Waals surface area contributed by atoms with Crippen molar-refractivity contribution < 1.29 is 23.5 Å². The van der Waals surface area contributed by atoms with E-state index >= 15 is 0 Å². The molecule has 2 rings (SSSR count). The summed E-state index contributed by atoms with van der Waals surface area (Å²) in [5, 5.41) is 2.62. The molecule has 0 aromatic heterocycles. The maximum Gasteiger partial charge on any atom is 0.328 e. The van der Waals surface area contributed by atoms with Gasteiger partial charge in [0, 0.05) is 13.0 Å². The molecule has 1 N–H and O–H groups in total. The standard InChI is InChI=1S/C15H18FNO4/c1-20-15(19)12(9-10-4-2-5-11(16)8-10)17-14(18)13-6-3-7-21-13/h2,4-5,8,12-13H,3,6-7,9H2,1H3,(H,17,18)/t12-,13+/m1/s1. The molecule has 1 fully saturated rings. The van der Waals surface area contributed by atoms with E-state index in [9.17, 15) is 14.0 Å². The van der Waals surface area contributed by atoms with Gasteiger partial charge in [-0.3, -0.25) is 4.79 Å². The molecule has 0 radical (unpaired) electrons. The number of methoxy groups -OCH3 is 1. The summed E-state index contributed by atoms with van der Waals surface area (Å²) in [6, 6.07) is 5.04. The number of hydrogen-bond donors (Lipinski definition) is 1. The van der Waals surface area contributed by atoms with Crippen LogP contribution in [-0.4, -0.2) is 37.7 Å². The Morgan fingerprint density at radius 2 is 2.33 bits per heavy atom. The lowest BCUT2D eigenvalue weighted by atomic mass is 10.1. The highest BCUT2D eigenvalue weighted by Crippen LogP contribution is 2.13. The van der Waals surface area contributed by atoms with E-state index in [1.165, 1.54) is 19.2 Å². The Labute approximate surface area is 122 Å². The van der Waals surface area contributed by atoms with Crippen LogP contribution in [0.2, 0.25) is 0 Å². The van der Waals surface area contributed by atoms with Crippen LogP contribution < -0.4 is 5.32 Å². The lowest BCUT2D eigenvalue weighted by molar-refractivity contribution is -0.146. The molecule has 114 valence electrons. The molecule has 0 saturated carbocycles. The molecule has 1 aromatic carbocycles. The Hall–Kier alpha value is -1.95. The number of carbonyl (C=O) groups excluding carboxylic acids is 2. The third-order valence-corrected chi connectivity index (χ3v) is 3.35. The molecule has 1 aromatic rings. The first-order valence-electron chi connectivity index (χ1n) is 6.84. The van der Waals surface area contributed by atoms with Gasteiger partial charge in [-0.05, 0) is 30.5 Å². The average Bonchev–Trinajstić information content (AvgIpc) is 3.00. The summed E-state index contributed by atoms with van der Waals surface area (Å²) in [6.07, 6.45) is 1.11. The maximum absolute atomic E-state index is 13.2. The van der Waals surface area contributed by atoms with Crippen molar-refractivity contribution in [2.75, 3.05) is 13.7 Å². The van der Waals surface area contributed by atoms with Crippen molar-refractivity contribution in [3.8, 4) is 0 Å². The number of benzene rings is 1. The molecule has 0 bridgehead atoms. The number of rotatable bonds is 5. The van der Waals surface area contributed by atoms with Crippen LogP contribution in [0.3, 0.4) is 0 Å². The molecule has 2 atom stereocenters. The van der Waals surface area contributed by atoms with E-state index in [2.05, 4.69) is 5.32 Å². The van der Waals surface area contributed by atoms with Crippen molar-refractivity contribution in [1.29, 1.82) is 0 Å². The van der Waals surface area contributed by atoms with Gasteiger partial charge in [0.15, 0.2) is 0 Å². The van der Waals surface area contributed by atoms with Crippen molar-refractivity contribution in [2.24, 2.45) is 0 Å². The van der Waals surface area contributed by atoms with Gasteiger partial charge in [-0.2, -0.15) is 0 Å². The minimum atomic E-state index is -0.853. The average molecular weight is 295 g/mol. The highest BCUT2D eigenvalue weighted by atomic mass is 19.1. The number of esters is 1. The van der Waals surface area contributed by atoms with E-state index in [1.54, 1.807) is 12.1 Å². The number of carbonyl (C=O) groups is 2. The molecule has 1 aliphatic rings. The Balaban J connectivity index is 2.03. The normalized spacial score (nSPS) is 19.0. The van der Waals surface area contributed by atoms with Gasteiger partial charge in [0.2, 0.25) is 5.91 Å². The van der Waals surface area contributed by atoms with E-state index in [1.807, 2.05) is 0 Å². The Morgan fingerprint density at radius 3 is 2.95 bits per heavy atom. The molecule has 0 aliphatic carbocycles. The smallest absolute Gasteiger partial charge is 0.328 e. The molecule has 21 heavy (non-hydrogen) atoms. The summed E-state index contributed by atoms with van der Waals surface area (Å²) in [5.41, 5.74) is 0.609. The number of halogens is 1. The van der Waals surface area contributed by atoms with Crippen LogP contribution >= 0.6 is 0 Å². The highest BCUT2D eigenvalue weighted by molar-refractivity contribution is 5.87. The summed E-state index contributed by atoms with van der Waals surface area (Å²) in [4.78, 5) is 23.8. The summed E-state index contributed by atoms with van der Waals surface area (Å²) >= 11 is 0. The molecule has 1 amide bonds. The van der Waals surface area contributed by atoms with E-state index in [0.717, 1.165) is 6.42 Å². The molecule has 0 unspecified atom stereocenters. The number of hydrogen-bond acceptors (Lipinski definition) is 4. The number of amides is 1. The first-order chi connectivity index (χ1) is 10.1. The van der Waals surface area contributed by atoms with Crippen molar-refractivity contribution in [3.05, 3.63) is 35.6 Å². The fourth-order valence-electron chi connectivity index (χ4n) is 2.28. The fourth-order valence-corrected chi connectivity index (χ4v) is 2.28. The monoisotopic (exact) mass is 295 g/mol. The zero-order valence-electron chi connectivity index (χ0n) is 11.8. The Bertz CT molecular complexity index is 514. The molecule has 1 heterocycles. The van der Waals surface area contributed by atoms with Crippen LogP contribution in [0.4, 0.5) is 4.39 Å². The largest absolute Gasteiger partial charge is 0.467 e. The molecule has 5 nitrogen and oxygen atoms in total. The number of nitrogens with one attached hydrogen (secondary N) is 1. The number of ether oxygens (including phenoxy) is 2. The fraction of sp³-hybridized carbons (Fsp3) is 0.467. The summed E-state index contributed by atoms with van der Waals surface area (Å²) in [7, 11) is 1.25. The molecular weight excluding hydrogens is 277 g/mol. The Morgan fingerprint density at radius 1 is 1.52 bits per heavy atom. The predicted molar refractivity (Wildman–Crippen MR) is 73.0 cm³/mol. The van der Waals surface area contributed by atoms with Gasteiger partial charge >= 0.3 is 5.97 Å². The molecule has 0 spiro atoms. The molecular formula is C15H18FNO4. The van der Waals surface area contributed by atoms with E-state index in [-0.39, 0.29) is 18.1 Å². The van der Waals surface area contributed by atoms with Crippen molar-refractivity contribution in [2.45, 2.75) is 31.4 Å². The second kappa shape index (κ2) is 7.17. The maximum atomic E-state index is 13.2. The van der Waals surface area contributed by atoms with Gasteiger partial charge in [0.1, 0.15) is 18.0 Å². The van der Waals surface area contributed by atoms with E-state index in [0.29, 0.717) is 18.6 Å². The summed E-state index contributed by atoms with van der Waals surface area (Å²) in [6.45, 7) is 0.547. The summed E-state index contributed by atoms with van der Waals surface area (Å²) in [5.74, 6) is -1.29. The van der Waals surface area contributed by atoms with Crippen LogP contribution in [0, 0.1) is 5.82 Å². The van der Waals surface area contributed by atoms with Crippen LogP contribution in [0.5, 0.6) is 0 Å². The zero-order chi connectivity index (χ0) is 15.2. The second-order valence-electron chi connectivity index (χ2n) is 4.92. The predicted octanol–water partition coefficient (Wildman–Crippen LogP) is 1.20. The quantitative estimate of drug-likeness (QED) is 0.829. The van der Waals surface area contributed by atoms with Gasteiger partial charge in [0.05, 0.1) is 7.11 Å². The third kappa shape index (κ3) is 4.26. The van der Waals surface area contributed by atoms with Gasteiger partial charge < -0.3 is 14.8 Å². The Kier molecular flexibility index (Phi) is 5.27. The van der Waals surface area contributed by atoms with Gasteiger partial charge in [0.25, 0.3) is 0 Å². The molecule has 6 heteroatoms. The van der Waals surface area contributed by atoms with Crippen LogP contribution in [-0.2, 0) is 25.5 Å². The molecule has 1 aliphatic heterocycles. The van der Waals surface area contributed by atoms with E-state index in [4.69, 9.17) is 9.47 Å². The highest BCUT2D eigenvalue weighted by Gasteiger charge is 2.28. The SMILES string of the molecule is COC(=O)[C@@H](Cc1cccc(F)c1)NC(=O)[C@@H]1CCCO1. The van der Waals surface area contributed by atoms with Crippen LogP contribution in [0.15, 0.2) is 24.3 Å². The van der Waals surface area contributed by atoms with Gasteiger partial charge in [-0.15, -0.1) is 0 Å².